The quantitative estimate of drug-likeness (QED) is 0.861. The molecule has 2 aliphatic rings. The molecule has 1 unspecified atom stereocenters. The molecule has 2 aliphatic heterocycles. The third kappa shape index (κ3) is 3.32. The average molecular weight is 339 g/mol. The van der Waals surface area contributed by atoms with Crippen LogP contribution in [0.5, 0.6) is 0 Å². The molecule has 0 aliphatic carbocycles. The maximum absolute atomic E-state index is 12.8. The Bertz CT molecular complexity index is 689. The fraction of sp³-hybridized carbons (Fsp3) is 0.368. The Morgan fingerprint density at radius 3 is 2.58 bits per heavy atom. The van der Waals surface area contributed by atoms with Gasteiger partial charge >= 0.3 is 0 Å². The van der Waals surface area contributed by atoms with Crippen LogP contribution in [0.1, 0.15) is 11.1 Å². The summed E-state index contributed by atoms with van der Waals surface area (Å²) in [6.07, 6.45) is 4.55. The number of carbonyl (C=O) groups excluding carboxylic acids is 1. The number of carbonyl (C=O) groups is 1. The van der Waals surface area contributed by atoms with Crippen LogP contribution in [0.2, 0.25) is 0 Å². The van der Waals surface area contributed by atoms with Crippen LogP contribution in [0.3, 0.4) is 0 Å². The summed E-state index contributed by atoms with van der Waals surface area (Å²) in [6, 6.07) is 12.5. The van der Waals surface area contributed by atoms with Crippen LogP contribution in [0, 0.1) is 0 Å². The van der Waals surface area contributed by atoms with E-state index in [0.29, 0.717) is 5.91 Å². The van der Waals surface area contributed by atoms with E-state index in [1.54, 1.807) is 11.8 Å². The maximum Gasteiger partial charge on any atom is 0.236 e. The molecular formula is C19H21N3OS. The largest absolute Gasteiger partial charge is 0.339 e. The third-order valence-electron chi connectivity index (χ3n) is 4.76. The molecule has 0 spiro atoms. The Kier molecular flexibility index (Phi) is 4.54. The first-order valence-corrected chi connectivity index (χ1v) is 9.32. The van der Waals surface area contributed by atoms with Crippen LogP contribution in [-0.2, 0) is 17.8 Å². The van der Waals surface area contributed by atoms with Gasteiger partial charge in [-0.1, -0.05) is 18.2 Å². The molecule has 1 amide bonds. The van der Waals surface area contributed by atoms with Crippen LogP contribution >= 0.6 is 11.8 Å². The van der Waals surface area contributed by atoms with Gasteiger partial charge in [0.05, 0.1) is 5.25 Å². The van der Waals surface area contributed by atoms with Crippen LogP contribution in [-0.4, -0.2) is 52.1 Å². The van der Waals surface area contributed by atoms with Crippen molar-refractivity contribution in [2.24, 2.45) is 0 Å². The molecule has 5 heteroatoms. The maximum atomic E-state index is 12.8. The first kappa shape index (κ1) is 15.7. The summed E-state index contributed by atoms with van der Waals surface area (Å²) in [5, 5.41) is 0.0640. The summed E-state index contributed by atoms with van der Waals surface area (Å²) in [5.74, 6) is 0.305. The SMILES string of the molecule is O=C(C1Cc2ccccc2S1)N1CCN(Cc2ccncc2)CC1. The first-order valence-electron chi connectivity index (χ1n) is 8.44. The Morgan fingerprint density at radius 1 is 1.08 bits per heavy atom. The molecule has 1 aromatic heterocycles. The van der Waals surface area contributed by atoms with E-state index in [0.717, 1.165) is 39.1 Å². The van der Waals surface area contributed by atoms with Crippen LogP contribution < -0.4 is 0 Å². The van der Waals surface area contributed by atoms with E-state index >= 15 is 0 Å². The molecule has 0 bridgehead atoms. The van der Waals surface area contributed by atoms with Crippen molar-refractivity contribution < 1.29 is 4.79 Å². The molecule has 4 rings (SSSR count). The second-order valence-electron chi connectivity index (χ2n) is 6.38. The molecule has 1 aromatic carbocycles. The van der Waals surface area contributed by atoms with E-state index in [1.165, 1.54) is 16.0 Å². The predicted molar refractivity (Wildman–Crippen MR) is 95.9 cm³/mol. The zero-order valence-electron chi connectivity index (χ0n) is 13.6. The summed E-state index contributed by atoms with van der Waals surface area (Å²) in [7, 11) is 0. The van der Waals surface area contributed by atoms with Crippen molar-refractivity contribution in [2.45, 2.75) is 23.1 Å². The standard InChI is InChI=1S/C19H21N3OS/c23-19(18-13-16-3-1-2-4-17(16)24-18)22-11-9-21(10-12-22)14-15-5-7-20-8-6-15/h1-8,18H,9-14H2. The zero-order valence-corrected chi connectivity index (χ0v) is 14.4. The van der Waals surface area contributed by atoms with Crippen molar-refractivity contribution in [3.63, 3.8) is 0 Å². The molecule has 4 nitrogen and oxygen atoms in total. The Morgan fingerprint density at radius 2 is 1.83 bits per heavy atom. The minimum atomic E-state index is 0.0640. The lowest BCUT2D eigenvalue weighted by atomic mass is 10.1. The molecule has 1 saturated heterocycles. The van der Waals surface area contributed by atoms with E-state index in [4.69, 9.17) is 0 Å². The summed E-state index contributed by atoms with van der Waals surface area (Å²) >= 11 is 1.73. The Balaban J connectivity index is 1.31. The number of rotatable bonds is 3. The van der Waals surface area contributed by atoms with Crippen molar-refractivity contribution >= 4 is 17.7 Å². The number of amides is 1. The number of pyridine rings is 1. The minimum Gasteiger partial charge on any atom is -0.339 e. The second-order valence-corrected chi connectivity index (χ2v) is 7.62. The smallest absolute Gasteiger partial charge is 0.236 e. The summed E-state index contributed by atoms with van der Waals surface area (Å²) < 4.78 is 0. The van der Waals surface area contributed by atoms with Crippen molar-refractivity contribution in [1.82, 2.24) is 14.8 Å². The fourth-order valence-electron chi connectivity index (χ4n) is 3.40. The molecule has 0 N–H and O–H groups in total. The van der Waals surface area contributed by atoms with Crippen molar-refractivity contribution in [3.8, 4) is 0 Å². The number of fused-ring (bicyclic) bond motifs is 1. The summed E-state index contributed by atoms with van der Waals surface area (Å²) in [6.45, 7) is 4.49. The van der Waals surface area contributed by atoms with E-state index in [9.17, 15) is 4.79 Å². The number of hydrogen-bond donors (Lipinski definition) is 0. The van der Waals surface area contributed by atoms with Gasteiger partial charge in [-0.2, -0.15) is 0 Å². The number of hydrogen-bond acceptors (Lipinski definition) is 4. The topological polar surface area (TPSA) is 36.4 Å². The van der Waals surface area contributed by atoms with Gasteiger partial charge in [0.15, 0.2) is 0 Å². The Hall–Kier alpha value is -1.85. The lowest BCUT2D eigenvalue weighted by molar-refractivity contribution is -0.132. The normalized spacial score (nSPS) is 20.8. The number of benzene rings is 1. The molecule has 24 heavy (non-hydrogen) atoms. The lowest BCUT2D eigenvalue weighted by Crippen LogP contribution is -2.50. The van der Waals surface area contributed by atoms with E-state index < -0.39 is 0 Å². The molecular weight excluding hydrogens is 318 g/mol. The second kappa shape index (κ2) is 6.95. The average Bonchev–Trinajstić information content (AvgIpc) is 3.07. The summed E-state index contributed by atoms with van der Waals surface area (Å²) in [4.78, 5) is 22.6. The number of thioether (sulfide) groups is 1. The lowest BCUT2D eigenvalue weighted by Gasteiger charge is -2.35. The zero-order chi connectivity index (χ0) is 16.4. The van der Waals surface area contributed by atoms with Gasteiger partial charge in [0.2, 0.25) is 5.91 Å². The number of aromatic nitrogens is 1. The molecule has 3 heterocycles. The van der Waals surface area contributed by atoms with Crippen molar-refractivity contribution in [2.75, 3.05) is 26.2 Å². The Labute approximate surface area is 146 Å². The summed E-state index contributed by atoms with van der Waals surface area (Å²) in [5.41, 5.74) is 2.60. The van der Waals surface area contributed by atoms with Crippen molar-refractivity contribution in [3.05, 3.63) is 59.9 Å². The number of piperazine rings is 1. The first-order chi connectivity index (χ1) is 11.8. The highest BCUT2D eigenvalue weighted by atomic mass is 32.2. The molecule has 1 atom stereocenters. The molecule has 1 fully saturated rings. The van der Waals surface area contributed by atoms with E-state index in [2.05, 4.69) is 46.3 Å². The molecule has 0 saturated carbocycles. The predicted octanol–water partition coefficient (Wildman–Crippen LogP) is 2.44. The van der Waals surface area contributed by atoms with Crippen LogP contribution in [0.4, 0.5) is 0 Å². The van der Waals surface area contributed by atoms with Crippen LogP contribution in [0.15, 0.2) is 53.7 Å². The molecule has 124 valence electrons. The van der Waals surface area contributed by atoms with E-state index in [1.807, 2.05) is 17.3 Å². The van der Waals surface area contributed by atoms with Gasteiger partial charge in [-0.25, -0.2) is 0 Å². The van der Waals surface area contributed by atoms with Gasteiger partial charge in [0.1, 0.15) is 0 Å². The third-order valence-corrected chi connectivity index (χ3v) is 6.07. The minimum absolute atomic E-state index is 0.0640. The molecule has 0 radical (unpaired) electrons. The number of nitrogens with zero attached hydrogens (tertiary/aromatic N) is 3. The van der Waals surface area contributed by atoms with Gasteiger partial charge in [-0.15, -0.1) is 11.8 Å². The van der Waals surface area contributed by atoms with Gasteiger partial charge in [0.25, 0.3) is 0 Å². The van der Waals surface area contributed by atoms with Crippen LogP contribution in [0.25, 0.3) is 0 Å². The highest BCUT2D eigenvalue weighted by molar-refractivity contribution is 8.01. The van der Waals surface area contributed by atoms with Crippen molar-refractivity contribution in [1.29, 1.82) is 0 Å². The van der Waals surface area contributed by atoms with Gasteiger partial charge in [-0.3, -0.25) is 14.7 Å². The monoisotopic (exact) mass is 339 g/mol. The highest BCUT2D eigenvalue weighted by Gasteiger charge is 2.32. The van der Waals surface area contributed by atoms with Gasteiger partial charge in [-0.05, 0) is 35.7 Å². The highest BCUT2D eigenvalue weighted by Crippen LogP contribution is 2.37. The van der Waals surface area contributed by atoms with Gasteiger partial charge < -0.3 is 4.90 Å². The van der Waals surface area contributed by atoms with E-state index in [-0.39, 0.29) is 5.25 Å². The van der Waals surface area contributed by atoms with Gasteiger partial charge in [0, 0.05) is 50.0 Å². The molecule has 2 aromatic rings. The fourth-order valence-corrected chi connectivity index (χ4v) is 4.68.